The number of hydrogen-bond acceptors (Lipinski definition) is 2. The number of nitrogens with two attached hydrogens (primary N) is 1. The molecule has 4 saturated carbocycles. The van der Waals surface area contributed by atoms with E-state index in [0.717, 1.165) is 25.7 Å². The highest BCUT2D eigenvalue weighted by molar-refractivity contribution is 9.10. The summed E-state index contributed by atoms with van der Waals surface area (Å²) in [6, 6.07) is 8.24. The van der Waals surface area contributed by atoms with Crippen molar-refractivity contribution in [2.75, 3.05) is 0 Å². The van der Waals surface area contributed by atoms with Crippen LogP contribution >= 0.6 is 15.9 Å². The van der Waals surface area contributed by atoms with Crippen LogP contribution in [-0.2, 0) is 9.59 Å². The van der Waals surface area contributed by atoms with Gasteiger partial charge >= 0.3 is 0 Å². The first-order valence-corrected chi connectivity index (χ1v) is 10.7. The fourth-order valence-corrected chi connectivity index (χ4v) is 7.64. The molecule has 6 rings (SSSR count). The van der Waals surface area contributed by atoms with E-state index in [4.69, 9.17) is 5.73 Å². The monoisotopic (exact) mass is 416 g/mol. The van der Waals surface area contributed by atoms with Gasteiger partial charge < -0.3 is 10.6 Å². The highest BCUT2D eigenvalue weighted by Crippen LogP contribution is 2.63. The fraction of sp³-hybridized carbons (Fsp3) is 0.619. The molecule has 2 amide bonds. The number of halogens is 1. The van der Waals surface area contributed by atoms with Crippen LogP contribution < -0.4 is 5.73 Å². The summed E-state index contributed by atoms with van der Waals surface area (Å²) < 4.78 is 0. The van der Waals surface area contributed by atoms with Crippen molar-refractivity contribution in [3.63, 3.8) is 0 Å². The van der Waals surface area contributed by atoms with E-state index in [0.29, 0.717) is 17.8 Å². The molecule has 0 radical (unpaired) electrons. The predicted molar refractivity (Wildman–Crippen MR) is 102 cm³/mol. The molecule has 1 aromatic carbocycles. The molecule has 1 aliphatic heterocycles. The Bertz CT molecular complexity index is 780. The number of aryl methyl sites for hydroxylation is 1. The zero-order chi connectivity index (χ0) is 18.2. The van der Waals surface area contributed by atoms with Crippen molar-refractivity contribution in [2.24, 2.45) is 28.9 Å². The van der Waals surface area contributed by atoms with Crippen LogP contribution in [0.15, 0.2) is 24.3 Å². The maximum Gasteiger partial charge on any atom is 0.239 e. The highest BCUT2D eigenvalue weighted by atomic mass is 79.9. The Balaban J connectivity index is 1.58. The summed E-state index contributed by atoms with van der Waals surface area (Å²) in [6.45, 7) is 2.09. The Morgan fingerprint density at radius 3 is 2.46 bits per heavy atom. The second kappa shape index (κ2) is 5.57. The van der Waals surface area contributed by atoms with Crippen LogP contribution in [0.1, 0.15) is 49.3 Å². The number of benzene rings is 1. The van der Waals surface area contributed by atoms with Gasteiger partial charge in [-0.1, -0.05) is 40.2 Å². The molecule has 0 spiro atoms. The van der Waals surface area contributed by atoms with E-state index in [2.05, 4.69) is 35.0 Å². The van der Waals surface area contributed by atoms with Crippen LogP contribution in [0.3, 0.4) is 0 Å². The summed E-state index contributed by atoms with van der Waals surface area (Å²) in [4.78, 5) is 27.5. The summed E-state index contributed by atoms with van der Waals surface area (Å²) in [5.41, 5.74) is 7.86. The van der Waals surface area contributed by atoms with Gasteiger partial charge in [0.2, 0.25) is 11.8 Å². The molecule has 2 N–H and O–H groups in total. The second-order valence-corrected chi connectivity index (χ2v) is 10.0. The van der Waals surface area contributed by atoms with Gasteiger partial charge in [-0.25, -0.2) is 0 Å². The van der Waals surface area contributed by atoms with Crippen molar-refractivity contribution in [3.8, 4) is 0 Å². The SMILES string of the molecule is Cc1ccccc1C1C(Br)C(=O)N1C1C2CC3CC(C2)CC1(C(N)=O)C3. The van der Waals surface area contributed by atoms with Gasteiger partial charge in [-0.05, 0) is 67.9 Å². The number of primary amides is 1. The molecule has 5 atom stereocenters. The average molecular weight is 417 g/mol. The van der Waals surface area contributed by atoms with E-state index in [1.807, 2.05) is 17.0 Å². The quantitative estimate of drug-likeness (QED) is 0.606. The van der Waals surface area contributed by atoms with Crippen molar-refractivity contribution in [1.82, 2.24) is 4.90 Å². The van der Waals surface area contributed by atoms with E-state index in [-0.39, 0.29) is 28.7 Å². The molecule has 0 aromatic heterocycles. The Morgan fingerprint density at radius 2 is 1.85 bits per heavy atom. The lowest BCUT2D eigenvalue weighted by atomic mass is 9.46. The van der Waals surface area contributed by atoms with Gasteiger partial charge in [0.05, 0.1) is 11.5 Å². The smallest absolute Gasteiger partial charge is 0.239 e. The van der Waals surface area contributed by atoms with Crippen molar-refractivity contribution in [2.45, 2.75) is 55.9 Å². The minimum Gasteiger partial charge on any atom is -0.369 e. The zero-order valence-electron chi connectivity index (χ0n) is 15.0. The lowest BCUT2D eigenvalue weighted by Gasteiger charge is -2.65. The number of β-lactam (4-membered cyclic amide) rings is 1. The van der Waals surface area contributed by atoms with Crippen molar-refractivity contribution < 1.29 is 9.59 Å². The molecular weight excluding hydrogens is 392 g/mol. The molecule has 4 aliphatic carbocycles. The van der Waals surface area contributed by atoms with E-state index in [1.165, 1.54) is 17.5 Å². The van der Waals surface area contributed by atoms with Crippen LogP contribution in [0, 0.1) is 30.1 Å². The molecule has 5 fully saturated rings. The van der Waals surface area contributed by atoms with Crippen molar-refractivity contribution in [3.05, 3.63) is 35.4 Å². The average Bonchev–Trinajstić information content (AvgIpc) is 2.60. The first-order valence-electron chi connectivity index (χ1n) is 9.74. The van der Waals surface area contributed by atoms with Gasteiger partial charge in [0, 0.05) is 6.04 Å². The Kier molecular flexibility index (Phi) is 3.60. The van der Waals surface area contributed by atoms with Gasteiger partial charge in [0.1, 0.15) is 4.83 Å². The molecule has 5 aliphatic rings. The summed E-state index contributed by atoms with van der Waals surface area (Å²) in [5, 5.41) is 0. The first kappa shape index (κ1) is 16.8. The topological polar surface area (TPSA) is 63.4 Å². The first-order chi connectivity index (χ1) is 12.4. The minimum atomic E-state index is -0.515. The molecular formula is C21H25BrN2O2. The van der Waals surface area contributed by atoms with Gasteiger partial charge in [0.15, 0.2) is 0 Å². The van der Waals surface area contributed by atoms with Crippen LogP contribution in [0.5, 0.6) is 0 Å². The van der Waals surface area contributed by atoms with Crippen LogP contribution in [-0.4, -0.2) is 27.6 Å². The number of hydrogen-bond donors (Lipinski definition) is 1. The summed E-state index contributed by atoms with van der Waals surface area (Å²) >= 11 is 3.62. The number of alkyl halides is 1. The van der Waals surface area contributed by atoms with E-state index < -0.39 is 5.41 Å². The lowest BCUT2D eigenvalue weighted by Crippen LogP contribution is -2.72. The minimum absolute atomic E-state index is 0.00227. The molecule has 4 bridgehead atoms. The second-order valence-electron chi connectivity index (χ2n) is 9.02. The largest absolute Gasteiger partial charge is 0.369 e. The third-order valence-electron chi connectivity index (χ3n) is 7.62. The number of likely N-dealkylation sites (tertiary alicyclic amines) is 1. The fourth-order valence-electron chi connectivity index (χ4n) is 6.86. The van der Waals surface area contributed by atoms with Crippen LogP contribution in [0.4, 0.5) is 0 Å². The van der Waals surface area contributed by atoms with Gasteiger partial charge in [-0.3, -0.25) is 9.59 Å². The van der Waals surface area contributed by atoms with E-state index in [1.54, 1.807) is 0 Å². The number of carbonyl (C=O) groups is 2. The maximum atomic E-state index is 13.0. The van der Waals surface area contributed by atoms with Gasteiger partial charge in [-0.2, -0.15) is 0 Å². The third-order valence-corrected chi connectivity index (χ3v) is 8.51. The molecule has 4 nitrogen and oxygen atoms in total. The predicted octanol–water partition coefficient (Wildman–Crippen LogP) is 3.32. The molecule has 1 saturated heterocycles. The molecule has 5 unspecified atom stereocenters. The van der Waals surface area contributed by atoms with Crippen LogP contribution in [0.25, 0.3) is 0 Å². The number of carbonyl (C=O) groups excluding carboxylic acids is 2. The Morgan fingerprint density at radius 1 is 1.19 bits per heavy atom. The molecule has 1 aromatic rings. The van der Waals surface area contributed by atoms with Gasteiger partial charge in [0.25, 0.3) is 0 Å². The standard InChI is InChI=1S/C21H25BrN2O2/c1-11-4-2-3-5-15(11)17-16(22)19(25)24(17)18-14-7-12-6-13(8-14)10-21(18,9-12)20(23)26/h2-5,12-14,16-18H,6-10H2,1H3,(H2,23,26). The molecule has 1 heterocycles. The number of nitrogens with zero attached hydrogens (tertiary/aromatic N) is 1. The van der Waals surface area contributed by atoms with Crippen LogP contribution in [0.2, 0.25) is 0 Å². The van der Waals surface area contributed by atoms with E-state index >= 15 is 0 Å². The molecule has 5 heteroatoms. The lowest BCUT2D eigenvalue weighted by molar-refractivity contribution is -0.185. The maximum absolute atomic E-state index is 13.0. The summed E-state index contributed by atoms with van der Waals surface area (Å²) in [6.07, 6.45) is 5.28. The summed E-state index contributed by atoms with van der Waals surface area (Å²) in [5.74, 6) is 1.59. The zero-order valence-corrected chi connectivity index (χ0v) is 16.6. The Hall–Kier alpha value is -1.36. The third kappa shape index (κ3) is 2.07. The summed E-state index contributed by atoms with van der Waals surface area (Å²) in [7, 11) is 0. The number of amides is 2. The Labute approximate surface area is 162 Å². The normalized spacial score (nSPS) is 43.5. The molecule has 138 valence electrons. The van der Waals surface area contributed by atoms with Gasteiger partial charge in [-0.15, -0.1) is 0 Å². The van der Waals surface area contributed by atoms with Crippen molar-refractivity contribution in [1.29, 1.82) is 0 Å². The van der Waals surface area contributed by atoms with Crippen molar-refractivity contribution >= 4 is 27.7 Å². The molecule has 26 heavy (non-hydrogen) atoms. The van der Waals surface area contributed by atoms with E-state index in [9.17, 15) is 9.59 Å². The highest BCUT2D eigenvalue weighted by Gasteiger charge is 2.66. The number of rotatable bonds is 3.